The molecule has 2 N–H and O–H groups in total. The summed E-state index contributed by atoms with van der Waals surface area (Å²) in [4.78, 5) is 4.04. The maximum absolute atomic E-state index is 9.11. The van der Waals surface area contributed by atoms with Crippen molar-refractivity contribution in [1.82, 2.24) is 9.55 Å². The molecule has 19 heavy (non-hydrogen) atoms. The Balaban J connectivity index is 2.48. The SMILES string of the molecule is CCC(N)C(c1ccc(Cl)cc1)n1ccnc1C#N. The van der Waals surface area contributed by atoms with Crippen molar-refractivity contribution in [2.24, 2.45) is 5.73 Å². The summed E-state index contributed by atoms with van der Waals surface area (Å²) < 4.78 is 1.82. The average Bonchev–Trinajstić information content (AvgIpc) is 2.89. The van der Waals surface area contributed by atoms with Crippen molar-refractivity contribution < 1.29 is 0 Å². The predicted molar refractivity (Wildman–Crippen MR) is 74.8 cm³/mol. The van der Waals surface area contributed by atoms with Crippen molar-refractivity contribution in [3.63, 3.8) is 0 Å². The first-order valence-corrected chi connectivity index (χ1v) is 6.49. The molecule has 4 nitrogen and oxygen atoms in total. The number of nitrogens with zero attached hydrogens (tertiary/aromatic N) is 3. The summed E-state index contributed by atoms with van der Waals surface area (Å²) in [6.07, 6.45) is 4.20. The van der Waals surface area contributed by atoms with Crippen molar-refractivity contribution in [3.8, 4) is 6.07 Å². The van der Waals surface area contributed by atoms with Crippen LogP contribution in [0, 0.1) is 11.3 Å². The highest BCUT2D eigenvalue weighted by molar-refractivity contribution is 6.30. The minimum atomic E-state index is -0.112. The topological polar surface area (TPSA) is 67.6 Å². The lowest BCUT2D eigenvalue weighted by molar-refractivity contribution is 0.455. The van der Waals surface area contributed by atoms with Crippen molar-refractivity contribution in [2.45, 2.75) is 25.4 Å². The van der Waals surface area contributed by atoms with Crippen LogP contribution >= 0.6 is 11.6 Å². The molecule has 0 saturated carbocycles. The molecule has 1 heterocycles. The molecule has 1 aromatic carbocycles. The van der Waals surface area contributed by atoms with Gasteiger partial charge in [0.2, 0.25) is 5.82 Å². The van der Waals surface area contributed by atoms with Gasteiger partial charge in [0, 0.05) is 23.5 Å². The van der Waals surface area contributed by atoms with Gasteiger partial charge in [-0.25, -0.2) is 4.98 Å². The van der Waals surface area contributed by atoms with Gasteiger partial charge in [0.05, 0.1) is 6.04 Å². The van der Waals surface area contributed by atoms with Crippen LogP contribution in [0.3, 0.4) is 0 Å². The molecule has 2 aromatic rings. The molecule has 2 atom stereocenters. The van der Waals surface area contributed by atoms with Crippen LogP contribution in [-0.4, -0.2) is 15.6 Å². The van der Waals surface area contributed by atoms with E-state index in [1.54, 1.807) is 12.4 Å². The van der Waals surface area contributed by atoms with Crippen molar-refractivity contribution in [1.29, 1.82) is 5.26 Å². The van der Waals surface area contributed by atoms with E-state index >= 15 is 0 Å². The second-order valence-corrected chi connectivity index (χ2v) is 4.77. The number of hydrogen-bond donors (Lipinski definition) is 1. The van der Waals surface area contributed by atoms with Crippen LogP contribution < -0.4 is 5.73 Å². The van der Waals surface area contributed by atoms with Gasteiger partial charge in [0.15, 0.2) is 0 Å². The van der Waals surface area contributed by atoms with E-state index in [1.807, 2.05) is 35.8 Å². The minimum Gasteiger partial charge on any atom is -0.326 e. The molecule has 0 bridgehead atoms. The Morgan fingerprint density at radius 1 is 1.42 bits per heavy atom. The van der Waals surface area contributed by atoms with E-state index in [4.69, 9.17) is 22.6 Å². The quantitative estimate of drug-likeness (QED) is 0.932. The first-order valence-electron chi connectivity index (χ1n) is 6.11. The first kappa shape index (κ1) is 13.6. The number of aromatic nitrogens is 2. The first-order chi connectivity index (χ1) is 9.17. The standard InChI is InChI=1S/C14H15ClN4/c1-2-12(17)14(10-3-5-11(15)6-4-10)19-8-7-18-13(19)9-16/h3-8,12,14H,2,17H2,1H3. The van der Waals surface area contributed by atoms with Crippen LogP contribution in [-0.2, 0) is 0 Å². The van der Waals surface area contributed by atoms with Crippen molar-refractivity contribution in [3.05, 3.63) is 53.1 Å². The van der Waals surface area contributed by atoms with Gasteiger partial charge in [-0.2, -0.15) is 5.26 Å². The third-order valence-corrected chi connectivity index (χ3v) is 3.41. The van der Waals surface area contributed by atoms with Gasteiger partial charge in [-0.05, 0) is 24.1 Å². The summed E-state index contributed by atoms with van der Waals surface area (Å²) in [7, 11) is 0. The summed E-state index contributed by atoms with van der Waals surface area (Å²) in [5, 5.41) is 9.79. The zero-order valence-corrected chi connectivity index (χ0v) is 11.4. The number of imidazole rings is 1. The second-order valence-electron chi connectivity index (χ2n) is 4.34. The molecule has 0 saturated heterocycles. The Bertz CT molecular complexity index is 582. The van der Waals surface area contributed by atoms with Crippen LogP contribution in [0.2, 0.25) is 5.02 Å². The van der Waals surface area contributed by atoms with E-state index in [9.17, 15) is 0 Å². The highest BCUT2D eigenvalue weighted by Gasteiger charge is 2.22. The average molecular weight is 275 g/mol. The molecular formula is C14H15ClN4. The Labute approximate surface area is 117 Å². The number of halogens is 1. The Kier molecular flexibility index (Phi) is 4.20. The van der Waals surface area contributed by atoms with Gasteiger partial charge in [-0.15, -0.1) is 0 Å². The molecular weight excluding hydrogens is 260 g/mol. The molecule has 2 rings (SSSR count). The van der Waals surface area contributed by atoms with Crippen LogP contribution in [0.25, 0.3) is 0 Å². The Morgan fingerprint density at radius 3 is 2.68 bits per heavy atom. The van der Waals surface area contributed by atoms with Crippen LogP contribution in [0.4, 0.5) is 0 Å². The van der Waals surface area contributed by atoms with Crippen molar-refractivity contribution >= 4 is 11.6 Å². The molecule has 98 valence electrons. The number of rotatable bonds is 4. The second kappa shape index (κ2) is 5.87. The minimum absolute atomic E-state index is 0.0949. The highest BCUT2D eigenvalue weighted by Crippen LogP contribution is 2.25. The van der Waals surface area contributed by atoms with Gasteiger partial charge in [0.25, 0.3) is 0 Å². The zero-order chi connectivity index (χ0) is 13.8. The van der Waals surface area contributed by atoms with Gasteiger partial charge >= 0.3 is 0 Å². The smallest absolute Gasteiger partial charge is 0.213 e. The lowest BCUT2D eigenvalue weighted by atomic mass is 9.97. The van der Waals surface area contributed by atoms with E-state index in [-0.39, 0.29) is 12.1 Å². The molecule has 0 aliphatic rings. The number of benzene rings is 1. The fourth-order valence-corrected chi connectivity index (χ4v) is 2.25. The number of hydrogen-bond acceptors (Lipinski definition) is 3. The van der Waals surface area contributed by atoms with Gasteiger partial charge in [-0.1, -0.05) is 30.7 Å². The molecule has 2 unspecified atom stereocenters. The molecule has 0 radical (unpaired) electrons. The predicted octanol–water partition coefficient (Wildman–Crippen LogP) is 2.73. The van der Waals surface area contributed by atoms with Gasteiger partial charge < -0.3 is 10.3 Å². The third kappa shape index (κ3) is 2.78. The lowest BCUT2D eigenvalue weighted by Gasteiger charge is -2.25. The van der Waals surface area contributed by atoms with E-state index in [2.05, 4.69) is 11.1 Å². The van der Waals surface area contributed by atoms with E-state index in [1.165, 1.54) is 0 Å². The zero-order valence-electron chi connectivity index (χ0n) is 10.6. The maximum atomic E-state index is 9.11. The Morgan fingerprint density at radius 2 is 2.11 bits per heavy atom. The van der Waals surface area contributed by atoms with Gasteiger partial charge in [-0.3, -0.25) is 0 Å². The maximum Gasteiger partial charge on any atom is 0.213 e. The summed E-state index contributed by atoms with van der Waals surface area (Å²) in [6, 6.07) is 9.41. The molecule has 0 amide bonds. The Hall–Kier alpha value is -1.83. The normalized spacial score (nSPS) is 13.8. The molecule has 0 aliphatic carbocycles. The highest BCUT2D eigenvalue weighted by atomic mass is 35.5. The van der Waals surface area contributed by atoms with E-state index in [0.29, 0.717) is 10.8 Å². The summed E-state index contributed by atoms with van der Waals surface area (Å²) in [5.74, 6) is 0.365. The lowest BCUT2D eigenvalue weighted by Crippen LogP contribution is -2.32. The van der Waals surface area contributed by atoms with Gasteiger partial charge in [0.1, 0.15) is 6.07 Å². The largest absolute Gasteiger partial charge is 0.326 e. The molecule has 0 aliphatic heterocycles. The summed E-state index contributed by atoms with van der Waals surface area (Å²) >= 11 is 5.91. The molecule has 0 fully saturated rings. The fourth-order valence-electron chi connectivity index (χ4n) is 2.12. The molecule has 5 heteroatoms. The monoisotopic (exact) mass is 274 g/mol. The molecule has 1 aromatic heterocycles. The van der Waals surface area contributed by atoms with Crippen LogP contribution in [0.15, 0.2) is 36.7 Å². The number of nitrogens with two attached hydrogens (primary N) is 1. The number of nitriles is 1. The van der Waals surface area contributed by atoms with Crippen LogP contribution in [0.1, 0.15) is 30.8 Å². The van der Waals surface area contributed by atoms with Crippen LogP contribution in [0.5, 0.6) is 0 Å². The summed E-state index contributed by atoms with van der Waals surface area (Å²) in [6.45, 7) is 2.02. The van der Waals surface area contributed by atoms with E-state index < -0.39 is 0 Å². The van der Waals surface area contributed by atoms with E-state index in [0.717, 1.165) is 12.0 Å². The fraction of sp³-hybridized carbons (Fsp3) is 0.286. The third-order valence-electron chi connectivity index (χ3n) is 3.16. The van der Waals surface area contributed by atoms with Crippen molar-refractivity contribution in [2.75, 3.05) is 0 Å². The molecule has 0 spiro atoms. The summed E-state index contributed by atoms with van der Waals surface area (Å²) in [5.41, 5.74) is 7.23.